The maximum atomic E-state index is 5.37. The van der Waals surface area contributed by atoms with Crippen LogP contribution in [-0.4, -0.2) is 32.7 Å². The molecule has 0 bridgehead atoms. The van der Waals surface area contributed by atoms with E-state index in [4.69, 9.17) is 9.15 Å². The third-order valence-corrected chi connectivity index (χ3v) is 3.43. The zero-order valence-corrected chi connectivity index (χ0v) is 16.6. The van der Waals surface area contributed by atoms with E-state index in [1.54, 1.807) is 13.4 Å². The van der Waals surface area contributed by atoms with Gasteiger partial charge in [0.25, 0.3) is 0 Å². The van der Waals surface area contributed by atoms with Gasteiger partial charge in [-0.2, -0.15) is 0 Å². The van der Waals surface area contributed by atoms with Crippen molar-refractivity contribution in [3.05, 3.63) is 54.0 Å². The van der Waals surface area contributed by atoms with Crippen molar-refractivity contribution in [2.75, 3.05) is 26.7 Å². The van der Waals surface area contributed by atoms with Crippen LogP contribution in [0.15, 0.2) is 52.1 Å². The summed E-state index contributed by atoms with van der Waals surface area (Å²) in [6.45, 7) is 4.38. The number of hydrogen-bond donors (Lipinski definition) is 2. The molecule has 0 aliphatic heterocycles. The summed E-state index contributed by atoms with van der Waals surface area (Å²) < 4.78 is 10.7. The Morgan fingerprint density at radius 2 is 1.96 bits per heavy atom. The third kappa shape index (κ3) is 6.82. The molecule has 0 radical (unpaired) electrons. The monoisotopic (exact) mass is 443 g/mol. The molecule has 6 heteroatoms. The topological polar surface area (TPSA) is 58.8 Å². The minimum absolute atomic E-state index is 0. The van der Waals surface area contributed by atoms with Crippen molar-refractivity contribution >= 4 is 29.9 Å². The Morgan fingerprint density at radius 1 is 1.12 bits per heavy atom. The highest BCUT2D eigenvalue weighted by molar-refractivity contribution is 14.0. The predicted molar refractivity (Wildman–Crippen MR) is 109 cm³/mol. The quantitative estimate of drug-likeness (QED) is 0.374. The Labute approximate surface area is 160 Å². The van der Waals surface area contributed by atoms with Crippen LogP contribution < -0.4 is 15.4 Å². The van der Waals surface area contributed by atoms with E-state index in [0.717, 1.165) is 43.4 Å². The molecule has 1 aromatic carbocycles. The fourth-order valence-corrected chi connectivity index (χ4v) is 2.30. The first-order valence-electron chi connectivity index (χ1n) is 8.00. The highest BCUT2D eigenvalue weighted by atomic mass is 127. The van der Waals surface area contributed by atoms with Crippen LogP contribution in [0.3, 0.4) is 0 Å². The SMILES string of the molecule is CCNC(=NCCc1ccco1)NCCc1ccccc1OC.I. The van der Waals surface area contributed by atoms with Crippen molar-refractivity contribution in [3.63, 3.8) is 0 Å². The Hall–Kier alpha value is -1.70. The maximum absolute atomic E-state index is 5.37. The van der Waals surface area contributed by atoms with E-state index in [-0.39, 0.29) is 24.0 Å². The zero-order valence-electron chi connectivity index (χ0n) is 14.2. The van der Waals surface area contributed by atoms with Gasteiger partial charge in [-0.05, 0) is 37.1 Å². The predicted octanol–water partition coefficient (Wildman–Crippen LogP) is 3.25. The second kappa shape index (κ2) is 11.8. The summed E-state index contributed by atoms with van der Waals surface area (Å²) in [7, 11) is 1.70. The van der Waals surface area contributed by atoms with Crippen LogP contribution in [0.1, 0.15) is 18.2 Å². The van der Waals surface area contributed by atoms with Gasteiger partial charge >= 0.3 is 0 Å². The van der Waals surface area contributed by atoms with Gasteiger partial charge in [0.2, 0.25) is 0 Å². The van der Waals surface area contributed by atoms with Crippen LogP contribution in [0.4, 0.5) is 0 Å². The molecule has 1 aromatic heterocycles. The first-order chi connectivity index (χ1) is 11.3. The molecule has 0 amide bonds. The number of nitrogens with one attached hydrogen (secondary N) is 2. The number of nitrogens with zero attached hydrogens (tertiary/aromatic N) is 1. The van der Waals surface area contributed by atoms with Gasteiger partial charge in [-0.1, -0.05) is 18.2 Å². The fraction of sp³-hybridized carbons (Fsp3) is 0.389. The van der Waals surface area contributed by atoms with Gasteiger partial charge < -0.3 is 19.8 Å². The van der Waals surface area contributed by atoms with Crippen LogP contribution in [0, 0.1) is 0 Å². The zero-order chi connectivity index (χ0) is 16.3. The average Bonchev–Trinajstić information content (AvgIpc) is 3.08. The highest BCUT2D eigenvalue weighted by Gasteiger charge is 2.03. The molecule has 0 atom stereocenters. The summed E-state index contributed by atoms with van der Waals surface area (Å²) in [6.07, 6.45) is 3.37. The molecule has 2 aromatic rings. The van der Waals surface area contributed by atoms with E-state index in [2.05, 4.69) is 28.6 Å². The molecule has 1 heterocycles. The van der Waals surface area contributed by atoms with Crippen LogP contribution >= 0.6 is 24.0 Å². The summed E-state index contributed by atoms with van der Waals surface area (Å²) in [4.78, 5) is 4.57. The number of benzene rings is 1. The average molecular weight is 443 g/mol. The number of methoxy groups -OCH3 is 1. The minimum atomic E-state index is 0. The number of aliphatic imine (C=N–C) groups is 1. The number of hydrogen-bond acceptors (Lipinski definition) is 3. The second-order valence-corrected chi connectivity index (χ2v) is 5.08. The number of halogens is 1. The smallest absolute Gasteiger partial charge is 0.191 e. The Balaban J connectivity index is 0.00000288. The maximum Gasteiger partial charge on any atom is 0.191 e. The van der Waals surface area contributed by atoms with Crippen LogP contribution in [0.2, 0.25) is 0 Å². The Kier molecular flexibility index (Phi) is 9.98. The number of furan rings is 1. The second-order valence-electron chi connectivity index (χ2n) is 5.08. The summed E-state index contributed by atoms with van der Waals surface area (Å²) in [5, 5.41) is 6.61. The van der Waals surface area contributed by atoms with Gasteiger partial charge in [0.1, 0.15) is 11.5 Å². The van der Waals surface area contributed by atoms with Crippen LogP contribution in [-0.2, 0) is 12.8 Å². The lowest BCUT2D eigenvalue weighted by atomic mass is 10.1. The minimum Gasteiger partial charge on any atom is -0.496 e. The standard InChI is InChI=1S/C18H25N3O2.HI/c1-3-19-18(21-13-11-16-8-6-14-23-16)20-12-10-15-7-4-5-9-17(15)22-2;/h4-9,14H,3,10-13H2,1-2H3,(H2,19,20,21);1H. The van der Waals surface area contributed by atoms with Gasteiger partial charge in [0.05, 0.1) is 13.4 Å². The highest BCUT2D eigenvalue weighted by Crippen LogP contribution is 2.17. The Bertz CT molecular complexity index is 600. The van der Waals surface area contributed by atoms with E-state index in [1.807, 2.05) is 30.3 Å². The summed E-state index contributed by atoms with van der Waals surface area (Å²) in [5.74, 6) is 2.71. The number of ether oxygens (including phenoxy) is 1. The van der Waals surface area contributed by atoms with Crippen molar-refractivity contribution in [3.8, 4) is 5.75 Å². The van der Waals surface area contributed by atoms with Crippen molar-refractivity contribution in [2.24, 2.45) is 4.99 Å². The number of para-hydroxylation sites is 1. The molecular weight excluding hydrogens is 417 g/mol. The fourth-order valence-electron chi connectivity index (χ4n) is 2.30. The molecule has 24 heavy (non-hydrogen) atoms. The molecule has 0 saturated heterocycles. The molecule has 0 aliphatic carbocycles. The van der Waals surface area contributed by atoms with E-state index in [0.29, 0.717) is 6.54 Å². The molecule has 0 saturated carbocycles. The van der Waals surface area contributed by atoms with E-state index >= 15 is 0 Å². The van der Waals surface area contributed by atoms with Gasteiger partial charge in [0, 0.05) is 26.1 Å². The molecule has 132 valence electrons. The lowest BCUT2D eigenvalue weighted by Gasteiger charge is -2.12. The van der Waals surface area contributed by atoms with Crippen LogP contribution in [0.5, 0.6) is 5.75 Å². The molecule has 2 rings (SSSR count). The van der Waals surface area contributed by atoms with Gasteiger partial charge in [0.15, 0.2) is 5.96 Å². The largest absolute Gasteiger partial charge is 0.496 e. The third-order valence-electron chi connectivity index (χ3n) is 3.43. The summed E-state index contributed by atoms with van der Waals surface area (Å²) >= 11 is 0. The number of rotatable bonds is 8. The van der Waals surface area contributed by atoms with Gasteiger partial charge in [-0.3, -0.25) is 4.99 Å². The van der Waals surface area contributed by atoms with Crippen molar-refractivity contribution in [1.29, 1.82) is 0 Å². The van der Waals surface area contributed by atoms with Crippen LogP contribution in [0.25, 0.3) is 0 Å². The molecule has 0 fully saturated rings. The van der Waals surface area contributed by atoms with Crippen molar-refractivity contribution in [1.82, 2.24) is 10.6 Å². The van der Waals surface area contributed by atoms with Crippen molar-refractivity contribution in [2.45, 2.75) is 19.8 Å². The van der Waals surface area contributed by atoms with Gasteiger partial charge in [-0.15, -0.1) is 24.0 Å². The lowest BCUT2D eigenvalue weighted by molar-refractivity contribution is 0.409. The van der Waals surface area contributed by atoms with Crippen molar-refractivity contribution < 1.29 is 9.15 Å². The van der Waals surface area contributed by atoms with Gasteiger partial charge in [-0.25, -0.2) is 0 Å². The molecule has 0 unspecified atom stereocenters. The molecule has 5 nitrogen and oxygen atoms in total. The molecular formula is C18H26IN3O2. The Morgan fingerprint density at radius 3 is 2.67 bits per heavy atom. The van der Waals surface area contributed by atoms with E-state index in [9.17, 15) is 0 Å². The molecule has 0 aliphatic rings. The molecule has 0 spiro atoms. The number of guanidine groups is 1. The van der Waals surface area contributed by atoms with E-state index < -0.39 is 0 Å². The lowest BCUT2D eigenvalue weighted by Crippen LogP contribution is -2.38. The summed E-state index contributed by atoms with van der Waals surface area (Å²) in [6, 6.07) is 11.9. The first-order valence-corrected chi connectivity index (χ1v) is 8.00. The molecule has 2 N–H and O–H groups in total. The normalized spacial score (nSPS) is 10.8. The van der Waals surface area contributed by atoms with E-state index in [1.165, 1.54) is 5.56 Å². The summed E-state index contributed by atoms with van der Waals surface area (Å²) in [5.41, 5.74) is 1.19. The first kappa shape index (κ1) is 20.3.